The van der Waals surface area contributed by atoms with Gasteiger partial charge >= 0.3 is 6.03 Å². The van der Waals surface area contributed by atoms with Crippen molar-refractivity contribution in [1.29, 1.82) is 0 Å². The van der Waals surface area contributed by atoms with E-state index in [2.05, 4.69) is 16.0 Å². The third-order valence-electron chi connectivity index (χ3n) is 4.24. The topological polar surface area (TPSA) is 73.5 Å². The molecule has 2 aliphatic rings. The van der Waals surface area contributed by atoms with Gasteiger partial charge in [0, 0.05) is 30.9 Å². The molecule has 2 heterocycles. The molecule has 3 N–H and O–H groups in total. The predicted octanol–water partition coefficient (Wildman–Crippen LogP) is 1.97. The Balaban J connectivity index is 0.00000192. The molecule has 1 unspecified atom stereocenters. The summed E-state index contributed by atoms with van der Waals surface area (Å²) in [6.07, 6.45) is 2.63. The zero-order valence-electron chi connectivity index (χ0n) is 13.0. The number of hydrogen-bond acceptors (Lipinski definition) is 3. The number of anilines is 2. The Bertz CT molecular complexity index is 561. The summed E-state index contributed by atoms with van der Waals surface area (Å²) in [5, 5.41) is 9.01. The van der Waals surface area contributed by atoms with Gasteiger partial charge in [0.15, 0.2) is 0 Å². The van der Waals surface area contributed by atoms with Gasteiger partial charge in [0.2, 0.25) is 5.91 Å². The Morgan fingerprint density at radius 2 is 2.22 bits per heavy atom. The van der Waals surface area contributed by atoms with Gasteiger partial charge in [0.05, 0.1) is 0 Å². The maximum atomic E-state index is 12.0. The van der Waals surface area contributed by atoms with Gasteiger partial charge in [-0.15, -0.1) is 12.4 Å². The fourth-order valence-electron chi connectivity index (χ4n) is 2.99. The molecular weight excluding hydrogens is 316 g/mol. The molecule has 0 saturated carbocycles. The largest absolute Gasteiger partial charge is 0.336 e. The lowest BCUT2D eigenvalue weighted by atomic mass is 10.0. The number of hydrogen-bond donors (Lipinski definition) is 3. The fraction of sp³-hybridized carbons (Fsp3) is 0.500. The first-order valence-corrected chi connectivity index (χ1v) is 7.88. The Hall–Kier alpha value is -1.79. The summed E-state index contributed by atoms with van der Waals surface area (Å²) < 4.78 is 0. The van der Waals surface area contributed by atoms with Crippen LogP contribution in [0.5, 0.6) is 0 Å². The molecule has 0 spiro atoms. The number of nitrogens with zero attached hydrogens (tertiary/aromatic N) is 1. The number of nitrogens with one attached hydrogen (secondary N) is 3. The van der Waals surface area contributed by atoms with Crippen LogP contribution < -0.4 is 20.9 Å². The summed E-state index contributed by atoms with van der Waals surface area (Å²) in [5.41, 5.74) is 1.56. The van der Waals surface area contributed by atoms with Crippen LogP contribution >= 0.6 is 12.4 Å². The van der Waals surface area contributed by atoms with E-state index < -0.39 is 0 Å². The number of carbonyl (C=O) groups excluding carboxylic acids is 2. The van der Waals surface area contributed by atoms with Crippen molar-refractivity contribution in [3.63, 3.8) is 0 Å². The van der Waals surface area contributed by atoms with Crippen LogP contribution in [0.15, 0.2) is 24.3 Å². The van der Waals surface area contributed by atoms with Gasteiger partial charge < -0.3 is 16.0 Å². The minimum Gasteiger partial charge on any atom is -0.336 e. The lowest BCUT2D eigenvalue weighted by Gasteiger charge is -2.15. The molecule has 23 heavy (non-hydrogen) atoms. The van der Waals surface area contributed by atoms with Crippen molar-refractivity contribution in [2.24, 2.45) is 5.92 Å². The Kier molecular flexibility index (Phi) is 6.24. The van der Waals surface area contributed by atoms with Crippen LogP contribution in [-0.4, -0.2) is 38.1 Å². The molecule has 0 aromatic heterocycles. The van der Waals surface area contributed by atoms with Crippen LogP contribution in [0.1, 0.15) is 19.3 Å². The molecule has 2 fully saturated rings. The standard InChI is InChI=1S/C16H22N4O2.ClH/c21-15(5-4-12-6-7-17-11-12)19-13-2-1-3-14(10-13)20-9-8-18-16(20)22;/h1-3,10,12,17H,4-9,11H2,(H,18,22)(H,19,21);1H. The highest BCUT2D eigenvalue weighted by Crippen LogP contribution is 2.21. The second-order valence-electron chi connectivity index (χ2n) is 5.88. The van der Waals surface area contributed by atoms with E-state index in [1.54, 1.807) is 4.90 Å². The van der Waals surface area contributed by atoms with E-state index >= 15 is 0 Å². The zero-order chi connectivity index (χ0) is 15.4. The summed E-state index contributed by atoms with van der Waals surface area (Å²) in [6, 6.07) is 7.35. The van der Waals surface area contributed by atoms with Crippen molar-refractivity contribution in [3.8, 4) is 0 Å². The van der Waals surface area contributed by atoms with Crippen molar-refractivity contribution in [1.82, 2.24) is 10.6 Å². The SMILES string of the molecule is Cl.O=C(CCC1CCNC1)Nc1cccc(N2CCNC2=O)c1. The number of rotatable bonds is 5. The van der Waals surface area contributed by atoms with E-state index in [1.807, 2.05) is 24.3 Å². The smallest absolute Gasteiger partial charge is 0.321 e. The minimum atomic E-state index is -0.0859. The zero-order valence-corrected chi connectivity index (χ0v) is 13.8. The molecule has 1 aromatic rings. The van der Waals surface area contributed by atoms with Crippen LogP contribution in [0, 0.1) is 5.92 Å². The maximum absolute atomic E-state index is 12.0. The Morgan fingerprint density at radius 3 is 2.91 bits per heavy atom. The molecule has 0 bridgehead atoms. The molecule has 0 radical (unpaired) electrons. The number of amides is 3. The second-order valence-corrected chi connectivity index (χ2v) is 5.88. The molecule has 2 aliphatic heterocycles. The van der Waals surface area contributed by atoms with Crippen LogP contribution in [0.3, 0.4) is 0 Å². The first-order chi connectivity index (χ1) is 10.7. The van der Waals surface area contributed by atoms with E-state index in [1.165, 1.54) is 0 Å². The Labute approximate surface area is 142 Å². The molecule has 3 amide bonds. The molecule has 126 valence electrons. The van der Waals surface area contributed by atoms with Crippen LogP contribution in [0.4, 0.5) is 16.2 Å². The summed E-state index contributed by atoms with van der Waals surface area (Å²) in [5.74, 6) is 0.653. The van der Waals surface area contributed by atoms with Crippen LogP contribution in [0.2, 0.25) is 0 Å². The molecule has 1 atom stereocenters. The van der Waals surface area contributed by atoms with E-state index in [0.717, 1.165) is 37.3 Å². The van der Waals surface area contributed by atoms with Gasteiger partial charge in [0.1, 0.15) is 0 Å². The van der Waals surface area contributed by atoms with E-state index in [-0.39, 0.29) is 24.3 Å². The highest BCUT2D eigenvalue weighted by atomic mass is 35.5. The fourth-order valence-corrected chi connectivity index (χ4v) is 2.99. The first kappa shape index (κ1) is 17.6. The summed E-state index contributed by atoms with van der Waals surface area (Å²) >= 11 is 0. The predicted molar refractivity (Wildman–Crippen MR) is 93.3 cm³/mol. The number of carbonyl (C=O) groups is 2. The third kappa shape index (κ3) is 4.59. The number of benzene rings is 1. The summed E-state index contributed by atoms with van der Waals surface area (Å²) in [4.78, 5) is 25.4. The Morgan fingerprint density at radius 1 is 1.35 bits per heavy atom. The van der Waals surface area contributed by atoms with Crippen molar-refractivity contribution in [2.45, 2.75) is 19.3 Å². The van der Waals surface area contributed by atoms with E-state index in [9.17, 15) is 9.59 Å². The third-order valence-corrected chi connectivity index (χ3v) is 4.24. The maximum Gasteiger partial charge on any atom is 0.321 e. The molecule has 1 aromatic carbocycles. The average molecular weight is 339 g/mol. The summed E-state index contributed by atoms with van der Waals surface area (Å²) in [7, 11) is 0. The molecule has 3 rings (SSSR count). The number of halogens is 1. The first-order valence-electron chi connectivity index (χ1n) is 7.88. The molecule has 2 saturated heterocycles. The summed E-state index contributed by atoms with van der Waals surface area (Å²) in [6.45, 7) is 3.40. The van der Waals surface area contributed by atoms with Gasteiger partial charge in [0.25, 0.3) is 0 Å². The highest BCUT2D eigenvalue weighted by Gasteiger charge is 2.21. The van der Waals surface area contributed by atoms with Gasteiger partial charge in [-0.1, -0.05) is 6.07 Å². The van der Waals surface area contributed by atoms with Gasteiger partial charge in [-0.3, -0.25) is 9.69 Å². The van der Waals surface area contributed by atoms with Crippen LogP contribution in [0.25, 0.3) is 0 Å². The van der Waals surface area contributed by atoms with E-state index in [0.29, 0.717) is 25.4 Å². The highest BCUT2D eigenvalue weighted by molar-refractivity contribution is 5.96. The van der Waals surface area contributed by atoms with Gasteiger partial charge in [-0.25, -0.2) is 4.79 Å². The van der Waals surface area contributed by atoms with Gasteiger partial charge in [-0.05, 0) is 50.0 Å². The van der Waals surface area contributed by atoms with Crippen LogP contribution in [-0.2, 0) is 4.79 Å². The normalized spacial score (nSPS) is 20.1. The molecule has 6 nitrogen and oxygen atoms in total. The monoisotopic (exact) mass is 338 g/mol. The molecule has 7 heteroatoms. The van der Waals surface area contributed by atoms with Gasteiger partial charge in [-0.2, -0.15) is 0 Å². The van der Waals surface area contributed by atoms with E-state index in [4.69, 9.17) is 0 Å². The quantitative estimate of drug-likeness (QED) is 0.768. The minimum absolute atomic E-state index is 0. The lowest BCUT2D eigenvalue weighted by Crippen LogP contribution is -2.27. The second kappa shape index (κ2) is 8.17. The average Bonchev–Trinajstić information content (AvgIpc) is 3.16. The number of urea groups is 1. The van der Waals surface area contributed by atoms with Crippen molar-refractivity contribution in [3.05, 3.63) is 24.3 Å². The molecular formula is C16H23ClN4O2. The van der Waals surface area contributed by atoms with Crippen molar-refractivity contribution >= 4 is 35.7 Å². The lowest BCUT2D eigenvalue weighted by molar-refractivity contribution is -0.116. The van der Waals surface area contributed by atoms with Crippen molar-refractivity contribution in [2.75, 3.05) is 36.4 Å². The molecule has 0 aliphatic carbocycles. The van der Waals surface area contributed by atoms with Crippen molar-refractivity contribution < 1.29 is 9.59 Å².